The molecule has 1 N–H and O–H groups in total. The van der Waals surface area contributed by atoms with Crippen molar-refractivity contribution >= 4 is 40.0 Å². The molecule has 0 radical (unpaired) electrons. The molecule has 146 valence electrons. The zero-order valence-electron chi connectivity index (χ0n) is 16.0. The number of amides is 1. The first-order valence-corrected chi connectivity index (χ1v) is 9.86. The summed E-state index contributed by atoms with van der Waals surface area (Å²) < 4.78 is 1.61. The van der Waals surface area contributed by atoms with Gasteiger partial charge in [-0.25, -0.2) is 14.6 Å². The van der Waals surface area contributed by atoms with Crippen molar-refractivity contribution in [1.29, 1.82) is 0 Å². The molecule has 1 saturated heterocycles. The highest BCUT2D eigenvalue weighted by molar-refractivity contribution is 6.31. The number of hydrogen-bond donors (Lipinski definition) is 1. The Morgan fingerprint density at radius 3 is 2.86 bits per heavy atom. The van der Waals surface area contributed by atoms with E-state index >= 15 is 0 Å². The third kappa shape index (κ3) is 3.80. The zero-order valence-corrected chi connectivity index (χ0v) is 16.8. The fourth-order valence-corrected chi connectivity index (χ4v) is 3.70. The maximum Gasteiger partial charge on any atom is 0.246 e. The summed E-state index contributed by atoms with van der Waals surface area (Å²) >= 11 is 6.03. The number of carbonyl (C=O) groups is 1. The second kappa shape index (κ2) is 7.75. The third-order valence-electron chi connectivity index (χ3n) is 5.26. The summed E-state index contributed by atoms with van der Waals surface area (Å²) in [5, 5.41) is 8.75. The molecular weight excluding hydrogens is 376 g/mol. The van der Waals surface area contributed by atoms with Gasteiger partial charge in [-0.3, -0.25) is 4.79 Å². The van der Waals surface area contributed by atoms with E-state index in [4.69, 9.17) is 11.6 Å². The fraction of sp³-hybridized carbons (Fsp3) is 0.400. The van der Waals surface area contributed by atoms with E-state index in [-0.39, 0.29) is 12.5 Å². The standard InChI is InChI=1S/C20H23ClN6O/c1-13-5-7-26(8-6-13)19-16-10-24-27(20(16)23-12-22-19)11-18(28)25-17-9-15(21)4-3-14(17)2/h3-4,9-10,12-13H,5-8,11H2,1-2H3,(H,25,28). The summed E-state index contributed by atoms with van der Waals surface area (Å²) in [6.07, 6.45) is 5.61. The van der Waals surface area contributed by atoms with Crippen LogP contribution < -0.4 is 10.2 Å². The predicted octanol–water partition coefficient (Wildman–Crippen LogP) is 3.66. The Labute approximate surface area is 168 Å². The van der Waals surface area contributed by atoms with Crippen LogP contribution in [-0.4, -0.2) is 38.7 Å². The van der Waals surface area contributed by atoms with Crippen molar-refractivity contribution < 1.29 is 4.79 Å². The Hall–Kier alpha value is -2.67. The molecule has 7 nitrogen and oxygen atoms in total. The highest BCUT2D eigenvalue weighted by atomic mass is 35.5. The van der Waals surface area contributed by atoms with Crippen LogP contribution in [0, 0.1) is 12.8 Å². The van der Waals surface area contributed by atoms with Crippen molar-refractivity contribution in [1.82, 2.24) is 19.7 Å². The number of aromatic nitrogens is 4. The number of nitrogens with one attached hydrogen (secondary N) is 1. The quantitative estimate of drug-likeness (QED) is 0.725. The Bertz CT molecular complexity index is 1010. The minimum absolute atomic E-state index is 0.0724. The number of anilines is 2. The monoisotopic (exact) mass is 398 g/mol. The molecule has 0 atom stereocenters. The molecule has 0 saturated carbocycles. The first kappa shape index (κ1) is 18.7. The first-order chi connectivity index (χ1) is 13.5. The number of carbonyl (C=O) groups excluding carboxylic acids is 1. The molecule has 0 unspecified atom stereocenters. The Morgan fingerprint density at radius 2 is 2.07 bits per heavy atom. The molecule has 1 aromatic carbocycles. The van der Waals surface area contributed by atoms with E-state index in [2.05, 4.69) is 32.2 Å². The maximum absolute atomic E-state index is 12.5. The summed E-state index contributed by atoms with van der Waals surface area (Å²) in [6, 6.07) is 5.42. The number of piperidine rings is 1. The summed E-state index contributed by atoms with van der Waals surface area (Å²) in [7, 11) is 0. The van der Waals surface area contributed by atoms with Gasteiger partial charge < -0.3 is 10.2 Å². The normalized spacial score (nSPS) is 15.2. The van der Waals surface area contributed by atoms with E-state index in [1.165, 1.54) is 0 Å². The zero-order chi connectivity index (χ0) is 19.7. The molecule has 2 aromatic heterocycles. The minimum Gasteiger partial charge on any atom is -0.356 e. The van der Waals surface area contributed by atoms with Gasteiger partial charge in [-0.2, -0.15) is 5.10 Å². The SMILES string of the molecule is Cc1ccc(Cl)cc1NC(=O)Cn1ncc2c(N3CCC(C)CC3)ncnc21. The summed E-state index contributed by atoms with van der Waals surface area (Å²) in [5.41, 5.74) is 2.32. The fourth-order valence-electron chi connectivity index (χ4n) is 3.52. The molecule has 3 aromatic rings. The highest BCUT2D eigenvalue weighted by Gasteiger charge is 2.21. The topological polar surface area (TPSA) is 75.9 Å². The number of aryl methyl sites for hydroxylation is 1. The van der Waals surface area contributed by atoms with Gasteiger partial charge in [0.05, 0.1) is 11.6 Å². The Morgan fingerprint density at radius 1 is 1.29 bits per heavy atom. The molecule has 1 aliphatic heterocycles. The average molecular weight is 399 g/mol. The van der Waals surface area contributed by atoms with Crippen molar-refractivity contribution in [3.8, 4) is 0 Å². The van der Waals surface area contributed by atoms with Gasteiger partial charge in [0.15, 0.2) is 5.65 Å². The molecule has 0 bridgehead atoms. The molecule has 1 fully saturated rings. The van der Waals surface area contributed by atoms with Crippen LogP contribution in [0.1, 0.15) is 25.3 Å². The lowest BCUT2D eigenvalue weighted by atomic mass is 9.99. The Kier molecular flexibility index (Phi) is 5.17. The molecule has 1 aliphatic rings. The lowest BCUT2D eigenvalue weighted by Gasteiger charge is -2.31. The second-order valence-electron chi connectivity index (χ2n) is 7.41. The van der Waals surface area contributed by atoms with Gasteiger partial charge in [-0.1, -0.05) is 24.6 Å². The third-order valence-corrected chi connectivity index (χ3v) is 5.50. The number of fused-ring (bicyclic) bond motifs is 1. The molecule has 0 aliphatic carbocycles. The number of nitrogens with zero attached hydrogens (tertiary/aromatic N) is 5. The van der Waals surface area contributed by atoms with Crippen molar-refractivity contribution in [2.75, 3.05) is 23.3 Å². The lowest BCUT2D eigenvalue weighted by molar-refractivity contribution is -0.116. The van der Waals surface area contributed by atoms with Crippen LogP contribution >= 0.6 is 11.6 Å². The highest BCUT2D eigenvalue weighted by Crippen LogP contribution is 2.27. The lowest BCUT2D eigenvalue weighted by Crippen LogP contribution is -2.33. The van der Waals surface area contributed by atoms with Gasteiger partial charge in [0.2, 0.25) is 5.91 Å². The maximum atomic E-state index is 12.5. The van der Waals surface area contributed by atoms with E-state index in [0.717, 1.165) is 48.6 Å². The summed E-state index contributed by atoms with van der Waals surface area (Å²) in [5.74, 6) is 1.46. The van der Waals surface area contributed by atoms with Crippen molar-refractivity contribution in [3.05, 3.63) is 41.3 Å². The number of halogens is 1. The van der Waals surface area contributed by atoms with Gasteiger partial charge in [-0.05, 0) is 43.4 Å². The first-order valence-electron chi connectivity index (χ1n) is 9.48. The van der Waals surface area contributed by atoms with Crippen molar-refractivity contribution in [2.24, 2.45) is 5.92 Å². The number of hydrogen-bond acceptors (Lipinski definition) is 5. The second-order valence-corrected chi connectivity index (χ2v) is 7.85. The summed E-state index contributed by atoms with van der Waals surface area (Å²) in [4.78, 5) is 23.7. The molecular formula is C20H23ClN6O. The Balaban J connectivity index is 1.54. The largest absolute Gasteiger partial charge is 0.356 e. The van der Waals surface area contributed by atoms with E-state index in [1.807, 2.05) is 13.0 Å². The van der Waals surface area contributed by atoms with E-state index in [0.29, 0.717) is 16.4 Å². The number of benzene rings is 1. The van der Waals surface area contributed by atoms with Crippen LogP contribution in [0.25, 0.3) is 11.0 Å². The molecule has 3 heterocycles. The van der Waals surface area contributed by atoms with Crippen LogP contribution in [0.2, 0.25) is 5.02 Å². The van der Waals surface area contributed by atoms with Crippen LogP contribution in [-0.2, 0) is 11.3 Å². The average Bonchev–Trinajstić information content (AvgIpc) is 3.08. The van der Waals surface area contributed by atoms with Gasteiger partial charge in [0, 0.05) is 23.8 Å². The van der Waals surface area contributed by atoms with Crippen LogP contribution in [0.5, 0.6) is 0 Å². The van der Waals surface area contributed by atoms with Crippen LogP contribution in [0.3, 0.4) is 0 Å². The van der Waals surface area contributed by atoms with Crippen molar-refractivity contribution in [3.63, 3.8) is 0 Å². The van der Waals surface area contributed by atoms with E-state index < -0.39 is 0 Å². The van der Waals surface area contributed by atoms with E-state index in [9.17, 15) is 4.79 Å². The predicted molar refractivity (Wildman–Crippen MR) is 111 cm³/mol. The van der Waals surface area contributed by atoms with Gasteiger partial charge >= 0.3 is 0 Å². The summed E-state index contributed by atoms with van der Waals surface area (Å²) in [6.45, 7) is 6.24. The van der Waals surface area contributed by atoms with Crippen molar-refractivity contribution in [2.45, 2.75) is 33.2 Å². The molecule has 1 amide bonds. The van der Waals surface area contributed by atoms with Crippen LogP contribution in [0.15, 0.2) is 30.7 Å². The molecule has 0 spiro atoms. The van der Waals surface area contributed by atoms with E-state index in [1.54, 1.807) is 29.3 Å². The smallest absolute Gasteiger partial charge is 0.246 e. The van der Waals surface area contributed by atoms with Crippen LogP contribution in [0.4, 0.5) is 11.5 Å². The molecule has 28 heavy (non-hydrogen) atoms. The molecule has 4 rings (SSSR count). The van der Waals surface area contributed by atoms with Gasteiger partial charge in [-0.15, -0.1) is 0 Å². The van der Waals surface area contributed by atoms with Gasteiger partial charge in [0.25, 0.3) is 0 Å². The van der Waals surface area contributed by atoms with Gasteiger partial charge in [0.1, 0.15) is 18.7 Å². The molecule has 8 heteroatoms. The minimum atomic E-state index is -0.178. The number of rotatable bonds is 4.